The van der Waals surface area contributed by atoms with Crippen molar-refractivity contribution >= 4 is 56.1 Å². The van der Waals surface area contributed by atoms with Crippen LogP contribution in [0.15, 0.2) is 57.0 Å². The van der Waals surface area contributed by atoms with Gasteiger partial charge in [-0.2, -0.15) is 5.10 Å². The van der Waals surface area contributed by atoms with Crippen molar-refractivity contribution in [2.75, 3.05) is 0 Å². The molecular formula is C21H15ClN2O3S. The third-order valence-corrected chi connectivity index (χ3v) is 5.97. The molecular weight excluding hydrogens is 396 g/mol. The van der Waals surface area contributed by atoms with Crippen molar-refractivity contribution in [3.63, 3.8) is 0 Å². The van der Waals surface area contributed by atoms with E-state index in [4.69, 9.17) is 16.0 Å². The second-order valence-electron chi connectivity index (χ2n) is 6.46. The van der Waals surface area contributed by atoms with Gasteiger partial charge >= 0.3 is 0 Å². The molecule has 0 aliphatic carbocycles. The van der Waals surface area contributed by atoms with Crippen LogP contribution in [-0.4, -0.2) is 12.1 Å². The monoisotopic (exact) mass is 410 g/mol. The maximum atomic E-state index is 12.5. The molecule has 0 saturated carbocycles. The highest BCUT2D eigenvalue weighted by Gasteiger charge is 2.16. The van der Waals surface area contributed by atoms with Crippen molar-refractivity contribution in [1.82, 2.24) is 5.43 Å². The minimum Gasteiger partial charge on any atom is -0.463 e. The fraction of sp³-hybridized carbons (Fsp3) is 0.0952. The molecule has 0 aliphatic rings. The maximum Gasteiger partial charge on any atom is 0.283 e. The number of fused-ring (bicyclic) bond motifs is 2. The number of nitrogens with one attached hydrogen (secondary N) is 1. The van der Waals surface area contributed by atoms with Crippen molar-refractivity contribution < 1.29 is 9.21 Å². The second-order valence-corrected chi connectivity index (χ2v) is 7.89. The number of aryl methyl sites for hydroxylation is 2. The Morgan fingerprint density at radius 2 is 1.89 bits per heavy atom. The van der Waals surface area contributed by atoms with Crippen molar-refractivity contribution in [2.45, 2.75) is 13.8 Å². The lowest BCUT2D eigenvalue weighted by atomic mass is 10.1. The third-order valence-electron chi connectivity index (χ3n) is 4.32. The van der Waals surface area contributed by atoms with E-state index in [9.17, 15) is 9.59 Å². The highest BCUT2D eigenvalue weighted by Crippen LogP contribution is 2.35. The topological polar surface area (TPSA) is 71.7 Å². The smallest absolute Gasteiger partial charge is 0.283 e. The lowest BCUT2D eigenvalue weighted by Crippen LogP contribution is -2.17. The first-order valence-electron chi connectivity index (χ1n) is 8.48. The van der Waals surface area contributed by atoms with Gasteiger partial charge in [0.05, 0.1) is 22.2 Å². The van der Waals surface area contributed by atoms with Gasteiger partial charge in [-0.05, 0) is 37.6 Å². The maximum absolute atomic E-state index is 12.5. The Hall–Kier alpha value is -2.96. The number of thiophene rings is 1. The summed E-state index contributed by atoms with van der Waals surface area (Å²) in [5.74, 6) is -0.430. The van der Waals surface area contributed by atoms with Crippen LogP contribution in [0.1, 0.15) is 26.4 Å². The average Bonchev–Trinajstić information content (AvgIpc) is 3.00. The first-order chi connectivity index (χ1) is 13.4. The fourth-order valence-electron chi connectivity index (χ4n) is 2.88. The molecule has 0 saturated heterocycles. The molecule has 2 heterocycles. The molecule has 0 spiro atoms. The van der Waals surface area contributed by atoms with Crippen LogP contribution in [0.25, 0.3) is 21.1 Å². The van der Waals surface area contributed by atoms with Gasteiger partial charge in [-0.3, -0.25) is 9.59 Å². The zero-order chi connectivity index (χ0) is 19.8. The zero-order valence-corrected chi connectivity index (χ0v) is 16.6. The van der Waals surface area contributed by atoms with Gasteiger partial charge in [0.15, 0.2) is 0 Å². The number of nitrogens with zero attached hydrogens (tertiary/aromatic N) is 1. The standard InChI is InChI=1S/C21H15ClN2O3S/c1-11-4-6-16-15(7-11)19(25)13(10-27-16)9-23-24-21(26)20-18(22)14-5-3-12(2)8-17(14)28-20/h3-10H,1-2H3,(H,24,26)/b23-9-. The van der Waals surface area contributed by atoms with E-state index >= 15 is 0 Å². The molecule has 4 rings (SSSR count). The summed E-state index contributed by atoms with van der Waals surface area (Å²) in [5, 5.41) is 5.60. The third kappa shape index (κ3) is 3.32. The molecule has 0 atom stereocenters. The summed E-state index contributed by atoms with van der Waals surface area (Å²) in [6.07, 6.45) is 2.60. The first-order valence-corrected chi connectivity index (χ1v) is 9.67. The largest absolute Gasteiger partial charge is 0.463 e. The Bertz CT molecular complexity index is 1320. The summed E-state index contributed by atoms with van der Waals surface area (Å²) in [6.45, 7) is 3.88. The number of hydrazone groups is 1. The Morgan fingerprint density at radius 1 is 1.14 bits per heavy atom. The Labute approximate surface area is 169 Å². The van der Waals surface area contributed by atoms with Crippen LogP contribution < -0.4 is 10.9 Å². The molecule has 4 aromatic rings. The molecule has 0 fully saturated rings. The van der Waals surface area contributed by atoms with Gasteiger partial charge in [0.25, 0.3) is 5.91 Å². The number of benzene rings is 2. The van der Waals surface area contributed by atoms with Crippen LogP contribution in [0.2, 0.25) is 5.02 Å². The highest BCUT2D eigenvalue weighted by atomic mass is 35.5. The minimum absolute atomic E-state index is 0.210. The van der Waals surface area contributed by atoms with Crippen molar-refractivity contribution in [2.24, 2.45) is 5.10 Å². The molecule has 0 radical (unpaired) electrons. The molecule has 2 aromatic carbocycles. The molecule has 2 aromatic heterocycles. The summed E-state index contributed by atoms with van der Waals surface area (Å²) >= 11 is 7.64. The van der Waals surface area contributed by atoms with Crippen LogP contribution in [0, 0.1) is 13.8 Å². The summed E-state index contributed by atoms with van der Waals surface area (Å²) < 4.78 is 6.40. The number of amides is 1. The lowest BCUT2D eigenvalue weighted by Gasteiger charge is -2.00. The number of hydrogen-bond donors (Lipinski definition) is 1. The minimum atomic E-state index is -0.430. The van der Waals surface area contributed by atoms with Gasteiger partial charge in [0, 0.05) is 10.1 Å². The molecule has 0 bridgehead atoms. The summed E-state index contributed by atoms with van der Waals surface area (Å²) in [7, 11) is 0. The van der Waals surface area contributed by atoms with Crippen LogP contribution >= 0.6 is 22.9 Å². The number of carbonyl (C=O) groups excluding carboxylic acids is 1. The summed E-state index contributed by atoms with van der Waals surface area (Å²) in [6, 6.07) is 11.2. The van der Waals surface area contributed by atoms with Crippen molar-refractivity contribution in [3.05, 3.63) is 79.5 Å². The van der Waals surface area contributed by atoms with E-state index in [1.807, 2.05) is 38.1 Å². The molecule has 7 heteroatoms. The lowest BCUT2D eigenvalue weighted by molar-refractivity contribution is 0.0959. The van der Waals surface area contributed by atoms with Crippen molar-refractivity contribution in [1.29, 1.82) is 0 Å². The van der Waals surface area contributed by atoms with Crippen LogP contribution in [0.5, 0.6) is 0 Å². The van der Waals surface area contributed by atoms with Gasteiger partial charge in [-0.15, -0.1) is 11.3 Å². The van der Waals surface area contributed by atoms with E-state index < -0.39 is 5.91 Å². The zero-order valence-electron chi connectivity index (χ0n) is 15.1. The summed E-state index contributed by atoms with van der Waals surface area (Å²) in [4.78, 5) is 25.4. The van der Waals surface area contributed by atoms with Gasteiger partial charge in [0.1, 0.15) is 16.7 Å². The normalized spacial score (nSPS) is 11.5. The molecule has 28 heavy (non-hydrogen) atoms. The Kier molecular flexibility index (Phi) is 4.75. The molecule has 0 aliphatic heterocycles. The molecule has 1 amide bonds. The van der Waals surface area contributed by atoms with E-state index in [1.165, 1.54) is 23.8 Å². The molecule has 0 unspecified atom stereocenters. The van der Waals surface area contributed by atoms with E-state index in [1.54, 1.807) is 12.1 Å². The fourth-order valence-corrected chi connectivity index (χ4v) is 4.38. The molecule has 140 valence electrons. The van der Waals surface area contributed by atoms with Crippen LogP contribution in [-0.2, 0) is 0 Å². The first kappa shape index (κ1) is 18.4. The number of carbonyl (C=O) groups is 1. The molecule has 1 N–H and O–H groups in total. The number of hydrogen-bond acceptors (Lipinski definition) is 5. The average molecular weight is 411 g/mol. The van der Waals surface area contributed by atoms with E-state index in [0.29, 0.717) is 20.9 Å². The van der Waals surface area contributed by atoms with Crippen LogP contribution in [0.4, 0.5) is 0 Å². The molecule has 5 nitrogen and oxygen atoms in total. The highest BCUT2D eigenvalue weighted by molar-refractivity contribution is 7.21. The van der Waals surface area contributed by atoms with E-state index in [2.05, 4.69) is 10.5 Å². The van der Waals surface area contributed by atoms with Crippen molar-refractivity contribution in [3.8, 4) is 0 Å². The van der Waals surface area contributed by atoms with Crippen LogP contribution in [0.3, 0.4) is 0 Å². The Balaban J connectivity index is 1.59. The predicted molar refractivity (Wildman–Crippen MR) is 114 cm³/mol. The predicted octanol–water partition coefficient (Wildman–Crippen LogP) is 5.04. The second kappa shape index (κ2) is 7.22. The summed E-state index contributed by atoms with van der Waals surface area (Å²) in [5.41, 5.74) is 5.01. The van der Waals surface area contributed by atoms with Gasteiger partial charge < -0.3 is 4.42 Å². The van der Waals surface area contributed by atoms with Gasteiger partial charge in [0.2, 0.25) is 5.43 Å². The van der Waals surface area contributed by atoms with E-state index in [-0.39, 0.29) is 11.0 Å². The Morgan fingerprint density at radius 3 is 2.71 bits per heavy atom. The SMILES string of the molecule is Cc1ccc2c(Cl)c(C(=O)N/N=C\c3coc4ccc(C)cc4c3=O)sc2c1. The van der Waals surface area contributed by atoms with Gasteiger partial charge in [-0.25, -0.2) is 5.43 Å². The van der Waals surface area contributed by atoms with Gasteiger partial charge in [-0.1, -0.05) is 35.4 Å². The number of halogens is 1. The number of rotatable bonds is 3. The quantitative estimate of drug-likeness (QED) is 0.380. The van der Waals surface area contributed by atoms with E-state index in [0.717, 1.165) is 21.2 Å².